The molecule has 130 valence electrons. The smallest absolute Gasteiger partial charge is 0.414 e. The Morgan fingerprint density at radius 2 is 2.08 bits per heavy atom. The number of ether oxygens (including phenoxy) is 1. The van der Waals surface area contributed by atoms with E-state index >= 15 is 0 Å². The zero-order valence-corrected chi connectivity index (χ0v) is 13.5. The number of benzene rings is 1. The number of carbonyl (C=O) groups excluding carboxylic acids is 2. The molecule has 0 aliphatic carbocycles. The molecule has 24 heavy (non-hydrogen) atoms. The average molecular weight is 336 g/mol. The first-order valence-corrected chi connectivity index (χ1v) is 7.98. The van der Waals surface area contributed by atoms with Gasteiger partial charge in [-0.2, -0.15) is 0 Å². The number of rotatable bonds is 4. The molecule has 2 N–H and O–H groups in total. The molecule has 1 aromatic carbocycles. The van der Waals surface area contributed by atoms with Crippen LogP contribution in [-0.2, 0) is 9.53 Å². The lowest BCUT2D eigenvalue weighted by Gasteiger charge is -2.33. The summed E-state index contributed by atoms with van der Waals surface area (Å²) in [7, 11) is 0. The number of nitrogens with zero attached hydrogens (tertiary/aromatic N) is 2. The van der Waals surface area contributed by atoms with Crippen molar-refractivity contribution in [3.63, 3.8) is 0 Å². The number of amides is 2. The van der Waals surface area contributed by atoms with Gasteiger partial charge in [-0.15, -0.1) is 0 Å². The molecule has 7 nitrogen and oxygen atoms in total. The van der Waals surface area contributed by atoms with Gasteiger partial charge < -0.3 is 20.3 Å². The van der Waals surface area contributed by atoms with Gasteiger partial charge >= 0.3 is 6.09 Å². The van der Waals surface area contributed by atoms with Gasteiger partial charge in [-0.25, -0.2) is 9.18 Å². The molecule has 2 aliphatic rings. The molecule has 8 heteroatoms. The van der Waals surface area contributed by atoms with Gasteiger partial charge in [-0.05, 0) is 24.3 Å². The average Bonchev–Trinajstić information content (AvgIpc) is 2.94. The first-order chi connectivity index (χ1) is 11.5. The van der Waals surface area contributed by atoms with Crippen LogP contribution in [0.4, 0.5) is 20.6 Å². The van der Waals surface area contributed by atoms with E-state index in [1.54, 1.807) is 17.0 Å². The number of cyclic esters (lactones) is 1. The van der Waals surface area contributed by atoms with E-state index < -0.39 is 12.4 Å². The predicted molar refractivity (Wildman–Crippen MR) is 87.9 cm³/mol. The van der Waals surface area contributed by atoms with Gasteiger partial charge in [-0.3, -0.25) is 9.69 Å². The maximum atomic E-state index is 13.9. The molecular weight excluding hydrogens is 315 g/mol. The van der Waals surface area contributed by atoms with Crippen molar-refractivity contribution in [3.05, 3.63) is 24.3 Å². The normalized spacial score (nSPS) is 24.0. The van der Waals surface area contributed by atoms with Crippen molar-refractivity contribution in [2.75, 3.05) is 42.5 Å². The summed E-state index contributed by atoms with van der Waals surface area (Å²) in [6.45, 7) is 3.74. The number of piperazine rings is 1. The van der Waals surface area contributed by atoms with E-state index in [9.17, 15) is 14.0 Å². The summed E-state index contributed by atoms with van der Waals surface area (Å²) in [4.78, 5) is 26.1. The van der Waals surface area contributed by atoms with E-state index in [0.29, 0.717) is 31.9 Å². The molecule has 0 saturated carbocycles. The van der Waals surface area contributed by atoms with Crippen LogP contribution in [0, 0.1) is 0 Å². The third-order valence-corrected chi connectivity index (χ3v) is 4.13. The molecule has 2 unspecified atom stereocenters. The number of anilines is 2. The molecule has 0 spiro atoms. The summed E-state index contributed by atoms with van der Waals surface area (Å²) < 4.78 is 19.2. The largest absolute Gasteiger partial charge is 0.442 e. The van der Waals surface area contributed by atoms with Crippen molar-refractivity contribution < 1.29 is 18.7 Å². The molecule has 2 heterocycles. The highest BCUT2D eigenvalue weighted by molar-refractivity contribution is 5.90. The maximum Gasteiger partial charge on any atom is 0.414 e. The van der Waals surface area contributed by atoms with Crippen LogP contribution in [0.5, 0.6) is 0 Å². The topological polar surface area (TPSA) is 73.9 Å². The molecular formula is C16H21FN4O3. The summed E-state index contributed by atoms with van der Waals surface area (Å²) in [6.07, 6.45) is -1.86. The molecule has 2 saturated heterocycles. The van der Waals surface area contributed by atoms with Crippen molar-refractivity contribution in [1.29, 1.82) is 0 Å². The zero-order valence-electron chi connectivity index (χ0n) is 13.5. The Morgan fingerprint density at radius 1 is 1.38 bits per heavy atom. The summed E-state index contributed by atoms with van der Waals surface area (Å²) in [5, 5.41) is 5.64. The fraction of sp³-hybridized carbons (Fsp3) is 0.500. The monoisotopic (exact) mass is 336 g/mol. The maximum absolute atomic E-state index is 13.9. The van der Waals surface area contributed by atoms with E-state index in [1.807, 2.05) is 12.1 Å². The second-order valence-electron chi connectivity index (χ2n) is 5.90. The van der Waals surface area contributed by atoms with Gasteiger partial charge in [0, 0.05) is 37.9 Å². The summed E-state index contributed by atoms with van der Waals surface area (Å²) in [6, 6.07) is 7.18. The van der Waals surface area contributed by atoms with Crippen LogP contribution in [0.25, 0.3) is 0 Å². The lowest BCUT2D eigenvalue weighted by Crippen LogP contribution is -2.49. The van der Waals surface area contributed by atoms with Crippen molar-refractivity contribution in [3.8, 4) is 0 Å². The lowest BCUT2D eigenvalue weighted by molar-refractivity contribution is -0.119. The zero-order chi connectivity index (χ0) is 17.1. The van der Waals surface area contributed by atoms with Crippen LogP contribution < -0.4 is 20.4 Å². The molecule has 3 rings (SSSR count). The second-order valence-corrected chi connectivity index (χ2v) is 5.90. The minimum absolute atomic E-state index is 0.161. The van der Waals surface area contributed by atoms with Crippen molar-refractivity contribution >= 4 is 23.4 Å². The first kappa shape index (κ1) is 16.5. The molecule has 2 aliphatic heterocycles. The number of nitrogens with one attached hydrogen (secondary N) is 2. The summed E-state index contributed by atoms with van der Waals surface area (Å²) in [5.74, 6) is -0.161. The Morgan fingerprint density at radius 3 is 2.75 bits per heavy atom. The van der Waals surface area contributed by atoms with Crippen LogP contribution in [0.2, 0.25) is 0 Å². The molecule has 2 fully saturated rings. The standard InChI is InChI=1S/C16H21FN4O3/c1-11(22)19-8-14-10-21(16(23)24-14)13-4-2-12(3-5-13)20-7-6-18-9-15(20)17/h2-5,14-15,18H,6-10H2,1H3,(H,19,22). The SMILES string of the molecule is CC(=O)NCC1CN(c2ccc(N3CCNCC3F)cc2)C(=O)O1. The van der Waals surface area contributed by atoms with E-state index in [-0.39, 0.29) is 12.0 Å². The Labute approximate surface area is 139 Å². The summed E-state index contributed by atoms with van der Waals surface area (Å²) in [5.41, 5.74) is 1.48. The number of hydrogen-bond acceptors (Lipinski definition) is 5. The number of halogens is 1. The molecule has 0 radical (unpaired) electrons. The number of hydrogen-bond donors (Lipinski definition) is 2. The Bertz CT molecular complexity index is 610. The molecule has 1 aromatic rings. The van der Waals surface area contributed by atoms with Crippen molar-refractivity contribution in [2.24, 2.45) is 0 Å². The number of carbonyl (C=O) groups is 2. The van der Waals surface area contributed by atoms with E-state index in [2.05, 4.69) is 10.6 Å². The fourth-order valence-corrected chi connectivity index (χ4v) is 2.88. The van der Waals surface area contributed by atoms with Crippen LogP contribution in [0.1, 0.15) is 6.92 Å². The highest BCUT2D eigenvalue weighted by Gasteiger charge is 2.32. The van der Waals surface area contributed by atoms with Gasteiger partial charge in [0.25, 0.3) is 0 Å². The molecule has 0 aromatic heterocycles. The van der Waals surface area contributed by atoms with Gasteiger partial charge in [-0.1, -0.05) is 0 Å². The third kappa shape index (κ3) is 3.59. The van der Waals surface area contributed by atoms with Crippen LogP contribution in [-0.4, -0.2) is 57.1 Å². The van der Waals surface area contributed by atoms with E-state index in [4.69, 9.17) is 4.74 Å². The predicted octanol–water partition coefficient (Wildman–Crippen LogP) is 0.853. The minimum atomic E-state index is -1.05. The van der Waals surface area contributed by atoms with E-state index in [0.717, 1.165) is 12.2 Å². The summed E-state index contributed by atoms with van der Waals surface area (Å²) >= 11 is 0. The molecule has 2 atom stereocenters. The van der Waals surface area contributed by atoms with Gasteiger partial charge in [0.1, 0.15) is 6.10 Å². The third-order valence-electron chi connectivity index (χ3n) is 4.13. The van der Waals surface area contributed by atoms with E-state index in [1.165, 1.54) is 11.8 Å². The van der Waals surface area contributed by atoms with Gasteiger partial charge in [0.2, 0.25) is 5.91 Å². The first-order valence-electron chi connectivity index (χ1n) is 7.98. The molecule has 2 amide bonds. The highest BCUT2D eigenvalue weighted by atomic mass is 19.1. The van der Waals surface area contributed by atoms with Gasteiger partial charge in [0.05, 0.1) is 13.1 Å². The fourth-order valence-electron chi connectivity index (χ4n) is 2.88. The Balaban J connectivity index is 1.65. The Hall–Kier alpha value is -2.35. The van der Waals surface area contributed by atoms with Crippen LogP contribution in [0.15, 0.2) is 24.3 Å². The highest BCUT2D eigenvalue weighted by Crippen LogP contribution is 2.26. The lowest BCUT2D eigenvalue weighted by atomic mass is 10.2. The number of alkyl halides is 1. The van der Waals surface area contributed by atoms with Crippen molar-refractivity contribution in [1.82, 2.24) is 10.6 Å². The van der Waals surface area contributed by atoms with Crippen molar-refractivity contribution in [2.45, 2.75) is 19.3 Å². The Kier molecular flexibility index (Phi) is 4.84. The van der Waals surface area contributed by atoms with Crippen LogP contribution in [0.3, 0.4) is 0 Å². The minimum Gasteiger partial charge on any atom is -0.442 e. The molecule has 0 bridgehead atoms. The van der Waals surface area contributed by atoms with Crippen LogP contribution >= 0.6 is 0 Å². The van der Waals surface area contributed by atoms with Gasteiger partial charge in [0.15, 0.2) is 6.30 Å². The second kappa shape index (κ2) is 7.04. The quantitative estimate of drug-likeness (QED) is 0.798.